The first kappa shape index (κ1) is 17.6. The first-order valence-electron chi connectivity index (χ1n) is 8.23. The molecule has 0 bridgehead atoms. The fraction of sp³-hybridized carbons (Fsp3) is 0.211. The molecule has 7 heteroatoms. The molecular weight excluding hydrogens is 337 g/mol. The predicted octanol–water partition coefficient (Wildman–Crippen LogP) is 2.57. The zero-order chi connectivity index (χ0) is 18.5. The summed E-state index contributed by atoms with van der Waals surface area (Å²) < 4.78 is 19.3. The largest absolute Gasteiger partial charge is 0.494 e. The van der Waals surface area contributed by atoms with Gasteiger partial charge in [-0.1, -0.05) is 30.3 Å². The van der Waals surface area contributed by atoms with E-state index in [4.69, 9.17) is 4.74 Å². The van der Waals surface area contributed by atoms with Crippen LogP contribution in [0.1, 0.15) is 35.3 Å². The molecule has 0 saturated heterocycles. The van der Waals surface area contributed by atoms with Gasteiger partial charge in [-0.2, -0.15) is 0 Å². The SMILES string of the molecule is CCOc1ccccc1C1CC(=O)NC(NC(=O)c2ccccc2F)=N1. The van der Waals surface area contributed by atoms with Crippen LogP contribution in [-0.4, -0.2) is 24.4 Å². The van der Waals surface area contributed by atoms with Gasteiger partial charge in [0.15, 0.2) is 0 Å². The molecule has 0 aromatic heterocycles. The lowest BCUT2D eigenvalue weighted by atomic mass is 10.0. The fourth-order valence-electron chi connectivity index (χ4n) is 2.70. The van der Waals surface area contributed by atoms with E-state index in [0.717, 1.165) is 5.56 Å². The molecule has 0 aliphatic carbocycles. The molecule has 0 spiro atoms. The van der Waals surface area contributed by atoms with E-state index >= 15 is 0 Å². The van der Waals surface area contributed by atoms with Gasteiger partial charge in [0.25, 0.3) is 5.91 Å². The second kappa shape index (κ2) is 7.77. The monoisotopic (exact) mass is 355 g/mol. The molecule has 6 nitrogen and oxygen atoms in total. The summed E-state index contributed by atoms with van der Waals surface area (Å²) in [6.07, 6.45) is 0.128. The van der Waals surface area contributed by atoms with Crippen LogP contribution in [0.2, 0.25) is 0 Å². The second-order valence-electron chi connectivity index (χ2n) is 5.65. The molecule has 3 rings (SSSR count). The molecule has 134 valence electrons. The van der Waals surface area contributed by atoms with Crippen molar-refractivity contribution in [2.45, 2.75) is 19.4 Å². The zero-order valence-corrected chi connectivity index (χ0v) is 14.2. The van der Waals surface area contributed by atoms with Crippen LogP contribution in [0.15, 0.2) is 53.5 Å². The number of carbonyl (C=O) groups excluding carboxylic acids is 2. The minimum atomic E-state index is -0.680. The Kier molecular flexibility index (Phi) is 5.26. The molecule has 1 aliphatic heterocycles. The number of ether oxygens (including phenoxy) is 1. The number of halogens is 1. The second-order valence-corrected chi connectivity index (χ2v) is 5.65. The van der Waals surface area contributed by atoms with E-state index in [1.54, 1.807) is 12.1 Å². The maximum absolute atomic E-state index is 13.7. The number of hydrogen-bond acceptors (Lipinski definition) is 4. The van der Waals surface area contributed by atoms with Crippen molar-refractivity contribution in [3.63, 3.8) is 0 Å². The third-order valence-corrected chi connectivity index (χ3v) is 3.85. The first-order valence-corrected chi connectivity index (χ1v) is 8.23. The van der Waals surface area contributed by atoms with Crippen LogP contribution < -0.4 is 15.4 Å². The zero-order valence-electron chi connectivity index (χ0n) is 14.2. The van der Waals surface area contributed by atoms with E-state index in [0.29, 0.717) is 12.4 Å². The van der Waals surface area contributed by atoms with E-state index in [2.05, 4.69) is 15.6 Å². The Morgan fingerprint density at radius 1 is 1.27 bits per heavy atom. The van der Waals surface area contributed by atoms with Crippen molar-refractivity contribution in [2.75, 3.05) is 6.61 Å². The Balaban J connectivity index is 1.85. The molecule has 26 heavy (non-hydrogen) atoms. The predicted molar refractivity (Wildman–Crippen MR) is 94.4 cm³/mol. The molecule has 0 fully saturated rings. The number of para-hydroxylation sites is 1. The van der Waals surface area contributed by atoms with Gasteiger partial charge in [-0.05, 0) is 25.1 Å². The Morgan fingerprint density at radius 2 is 2.00 bits per heavy atom. The van der Waals surface area contributed by atoms with Crippen molar-refractivity contribution in [1.29, 1.82) is 0 Å². The lowest BCUT2D eigenvalue weighted by Crippen LogP contribution is -2.47. The van der Waals surface area contributed by atoms with Crippen molar-refractivity contribution in [3.8, 4) is 5.75 Å². The summed E-state index contributed by atoms with van der Waals surface area (Å²) >= 11 is 0. The normalized spacial score (nSPS) is 16.5. The van der Waals surface area contributed by atoms with E-state index in [-0.39, 0.29) is 23.9 Å². The Hall–Kier alpha value is -3.22. The molecule has 1 aliphatic rings. The molecule has 2 N–H and O–H groups in total. The summed E-state index contributed by atoms with van der Waals surface area (Å²) in [4.78, 5) is 28.7. The van der Waals surface area contributed by atoms with Crippen molar-refractivity contribution in [1.82, 2.24) is 10.6 Å². The summed E-state index contributed by atoms with van der Waals surface area (Å²) in [5, 5.41) is 4.96. The number of guanidine groups is 1. The number of hydrogen-bond donors (Lipinski definition) is 2. The summed E-state index contributed by atoms with van der Waals surface area (Å²) in [5.41, 5.74) is 0.628. The first-order chi connectivity index (χ1) is 12.6. The number of rotatable bonds is 4. The van der Waals surface area contributed by atoms with Gasteiger partial charge in [0.2, 0.25) is 11.9 Å². The van der Waals surface area contributed by atoms with Crippen LogP contribution in [0, 0.1) is 5.82 Å². The smallest absolute Gasteiger partial charge is 0.260 e. The number of nitrogens with one attached hydrogen (secondary N) is 2. The van der Waals surface area contributed by atoms with Gasteiger partial charge in [-0.3, -0.25) is 20.2 Å². The van der Waals surface area contributed by atoms with Crippen molar-refractivity contribution in [3.05, 3.63) is 65.5 Å². The third kappa shape index (κ3) is 3.88. The Labute approximate surface area is 150 Å². The molecule has 0 radical (unpaired) electrons. The lowest BCUT2D eigenvalue weighted by molar-refractivity contribution is -0.120. The highest BCUT2D eigenvalue weighted by Gasteiger charge is 2.26. The molecule has 2 amide bonds. The molecule has 1 atom stereocenters. The van der Waals surface area contributed by atoms with Crippen molar-refractivity contribution >= 4 is 17.8 Å². The molecule has 2 aromatic rings. The number of carbonyl (C=O) groups is 2. The van der Waals surface area contributed by atoms with Gasteiger partial charge in [-0.25, -0.2) is 9.38 Å². The molecule has 1 unspecified atom stereocenters. The lowest BCUT2D eigenvalue weighted by Gasteiger charge is -2.23. The number of nitrogens with zero attached hydrogens (tertiary/aromatic N) is 1. The Bertz CT molecular complexity index is 867. The van der Waals surface area contributed by atoms with Gasteiger partial charge >= 0.3 is 0 Å². The molecular formula is C19H18FN3O3. The molecule has 2 aromatic carbocycles. The van der Waals surface area contributed by atoms with Gasteiger partial charge in [0.05, 0.1) is 24.6 Å². The van der Waals surface area contributed by atoms with Crippen LogP contribution >= 0.6 is 0 Å². The van der Waals surface area contributed by atoms with Gasteiger partial charge in [0.1, 0.15) is 11.6 Å². The molecule has 0 saturated carbocycles. The highest BCUT2D eigenvalue weighted by Crippen LogP contribution is 2.31. The third-order valence-electron chi connectivity index (χ3n) is 3.85. The summed E-state index contributed by atoms with van der Waals surface area (Å²) in [5.74, 6) is -0.990. The van der Waals surface area contributed by atoms with Crippen LogP contribution in [0.5, 0.6) is 5.75 Å². The van der Waals surface area contributed by atoms with Crippen LogP contribution in [0.3, 0.4) is 0 Å². The van der Waals surface area contributed by atoms with Gasteiger partial charge in [0, 0.05) is 5.56 Å². The summed E-state index contributed by atoms with van der Waals surface area (Å²) in [6.45, 7) is 2.35. The Morgan fingerprint density at radius 3 is 2.77 bits per heavy atom. The number of amides is 2. The van der Waals surface area contributed by atoms with Crippen molar-refractivity contribution in [2.24, 2.45) is 4.99 Å². The van der Waals surface area contributed by atoms with Crippen LogP contribution in [0.25, 0.3) is 0 Å². The number of aliphatic imine (C=N–C) groups is 1. The van der Waals surface area contributed by atoms with Crippen molar-refractivity contribution < 1.29 is 18.7 Å². The minimum absolute atomic E-state index is 0.00851. The highest BCUT2D eigenvalue weighted by molar-refractivity contribution is 6.10. The van der Waals surface area contributed by atoms with E-state index < -0.39 is 17.8 Å². The average Bonchev–Trinajstić information content (AvgIpc) is 2.62. The maximum Gasteiger partial charge on any atom is 0.260 e. The summed E-state index contributed by atoms with van der Waals surface area (Å²) in [6, 6.07) is 12.4. The van der Waals surface area contributed by atoms with Gasteiger partial charge < -0.3 is 4.74 Å². The quantitative estimate of drug-likeness (QED) is 0.885. The minimum Gasteiger partial charge on any atom is -0.494 e. The highest BCUT2D eigenvalue weighted by atomic mass is 19.1. The van der Waals surface area contributed by atoms with E-state index in [9.17, 15) is 14.0 Å². The topological polar surface area (TPSA) is 79.8 Å². The standard InChI is InChI=1S/C19H18FN3O3/c1-2-26-16-10-6-4-8-13(16)15-11-17(24)22-19(21-15)23-18(25)12-7-3-5-9-14(12)20/h3-10,15H,2,11H2,1H3,(H2,21,22,23,24,25). The van der Waals surface area contributed by atoms with Crippen LogP contribution in [0.4, 0.5) is 4.39 Å². The van der Waals surface area contributed by atoms with Gasteiger partial charge in [-0.15, -0.1) is 0 Å². The van der Waals surface area contributed by atoms with Crippen LogP contribution in [-0.2, 0) is 4.79 Å². The number of benzene rings is 2. The molecule has 1 heterocycles. The van der Waals surface area contributed by atoms with E-state index in [1.807, 2.05) is 25.1 Å². The van der Waals surface area contributed by atoms with E-state index in [1.165, 1.54) is 18.2 Å². The summed E-state index contributed by atoms with van der Waals surface area (Å²) in [7, 11) is 0. The fourth-order valence-corrected chi connectivity index (χ4v) is 2.70. The average molecular weight is 355 g/mol. The maximum atomic E-state index is 13.7.